The molecule has 0 spiro atoms. The fourth-order valence-electron chi connectivity index (χ4n) is 1.86. The standard InChI is InChI=1S/C15H11Cl2N3O3S/c1-7-9(6-18)13(24-12(7)14(21)23-2)20-15(22)19-8-3-4-10(16)11(17)5-8/h3-5H,1-2H3,(H2,19,20,22). The number of amides is 2. The Hall–Kier alpha value is -2.27. The predicted octanol–water partition coefficient (Wildman–Crippen LogP) is 4.67. The third-order valence-corrected chi connectivity index (χ3v) is 4.96. The lowest BCUT2D eigenvalue weighted by molar-refractivity contribution is 0.0605. The third-order valence-electron chi connectivity index (χ3n) is 3.03. The molecule has 0 atom stereocenters. The van der Waals surface area contributed by atoms with Crippen LogP contribution in [0.15, 0.2) is 18.2 Å². The number of esters is 1. The van der Waals surface area contributed by atoms with Gasteiger partial charge in [-0.1, -0.05) is 23.2 Å². The molecular formula is C15H11Cl2N3O3S. The van der Waals surface area contributed by atoms with Crippen molar-refractivity contribution < 1.29 is 14.3 Å². The molecule has 6 nitrogen and oxygen atoms in total. The Balaban J connectivity index is 2.21. The predicted molar refractivity (Wildman–Crippen MR) is 94.2 cm³/mol. The van der Waals surface area contributed by atoms with Crippen LogP contribution in [0.5, 0.6) is 0 Å². The monoisotopic (exact) mass is 383 g/mol. The lowest BCUT2D eigenvalue weighted by atomic mass is 10.2. The molecule has 0 bridgehead atoms. The normalized spacial score (nSPS) is 9.96. The van der Waals surface area contributed by atoms with Crippen molar-refractivity contribution in [3.63, 3.8) is 0 Å². The number of benzene rings is 1. The molecule has 0 radical (unpaired) electrons. The van der Waals surface area contributed by atoms with Crippen LogP contribution < -0.4 is 10.6 Å². The Morgan fingerprint density at radius 2 is 1.96 bits per heavy atom. The topological polar surface area (TPSA) is 91.2 Å². The minimum Gasteiger partial charge on any atom is -0.465 e. The summed E-state index contributed by atoms with van der Waals surface area (Å²) in [6.45, 7) is 1.61. The molecule has 2 N–H and O–H groups in total. The quantitative estimate of drug-likeness (QED) is 0.753. The van der Waals surface area contributed by atoms with Gasteiger partial charge in [0.25, 0.3) is 0 Å². The largest absolute Gasteiger partial charge is 0.465 e. The molecule has 0 aliphatic heterocycles. The maximum absolute atomic E-state index is 12.1. The van der Waals surface area contributed by atoms with Crippen LogP contribution in [0.25, 0.3) is 0 Å². The van der Waals surface area contributed by atoms with Gasteiger partial charge in [-0.2, -0.15) is 5.26 Å². The van der Waals surface area contributed by atoms with Gasteiger partial charge in [-0.3, -0.25) is 5.32 Å². The van der Waals surface area contributed by atoms with E-state index in [4.69, 9.17) is 23.2 Å². The van der Waals surface area contributed by atoms with Crippen molar-refractivity contribution in [2.45, 2.75) is 6.92 Å². The molecule has 2 amide bonds. The Kier molecular flexibility index (Phi) is 5.67. The second-order valence-corrected chi connectivity index (χ2v) is 6.41. The van der Waals surface area contributed by atoms with Gasteiger partial charge in [-0.25, -0.2) is 9.59 Å². The highest BCUT2D eigenvalue weighted by Crippen LogP contribution is 2.33. The minimum atomic E-state index is -0.581. The molecular weight excluding hydrogens is 373 g/mol. The lowest BCUT2D eigenvalue weighted by Gasteiger charge is -2.07. The molecule has 1 aromatic heterocycles. The molecule has 0 aliphatic rings. The third kappa shape index (κ3) is 3.79. The van der Waals surface area contributed by atoms with E-state index in [0.717, 1.165) is 11.3 Å². The van der Waals surface area contributed by atoms with E-state index in [0.29, 0.717) is 21.3 Å². The van der Waals surface area contributed by atoms with E-state index in [2.05, 4.69) is 15.4 Å². The van der Waals surface area contributed by atoms with Gasteiger partial charge in [0.2, 0.25) is 0 Å². The summed E-state index contributed by atoms with van der Waals surface area (Å²) in [6, 6.07) is 6.01. The fraction of sp³-hybridized carbons (Fsp3) is 0.133. The maximum atomic E-state index is 12.1. The molecule has 124 valence electrons. The Labute approximate surface area is 151 Å². The van der Waals surface area contributed by atoms with Gasteiger partial charge in [-0.05, 0) is 30.7 Å². The first-order valence-electron chi connectivity index (χ1n) is 6.52. The van der Waals surface area contributed by atoms with E-state index in [-0.39, 0.29) is 15.4 Å². The van der Waals surface area contributed by atoms with Gasteiger partial charge in [0, 0.05) is 5.69 Å². The zero-order chi connectivity index (χ0) is 17.9. The molecule has 1 aromatic carbocycles. The van der Waals surface area contributed by atoms with E-state index < -0.39 is 12.0 Å². The van der Waals surface area contributed by atoms with Crippen LogP contribution in [0.2, 0.25) is 10.0 Å². The van der Waals surface area contributed by atoms with Gasteiger partial charge >= 0.3 is 12.0 Å². The SMILES string of the molecule is COC(=O)c1sc(NC(=O)Nc2ccc(Cl)c(Cl)c2)c(C#N)c1C. The number of methoxy groups -OCH3 is 1. The maximum Gasteiger partial charge on any atom is 0.348 e. The molecule has 2 rings (SSSR count). The number of nitrogens with zero attached hydrogens (tertiary/aromatic N) is 1. The number of hydrogen-bond donors (Lipinski definition) is 2. The van der Waals surface area contributed by atoms with Gasteiger partial charge < -0.3 is 10.1 Å². The Morgan fingerprint density at radius 1 is 1.25 bits per heavy atom. The van der Waals surface area contributed by atoms with E-state index in [1.165, 1.54) is 13.2 Å². The second kappa shape index (κ2) is 7.53. The van der Waals surface area contributed by atoms with Crippen molar-refractivity contribution in [2.75, 3.05) is 17.7 Å². The van der Waals surface area contributed by atoms with Gasteiger partial charge in [0.15, 0.2) is 0 Å². The average Bonchev–Trinajstić information content (AvgIpc) is 2.85. The Morgan fingerprint density at radius 3 is 2.54 bits per heavy atom. The van der Waals surface area contributed by atoms with Crippen LogP contribution >= 0.6 is 34.5 Å². The first kappa shape index (κ1) is 18.1. The van der Waals surface area contributed by atoms with Crippen LogP contribution in [0.1, 0.15) is 20.8 Å². The van der Waals surface area contributed by atoms with Crippen molar-refractivity contribution >= 4 is 57.2 Å². The molecule has 0 saturated heterocycles. The minimum absolute atomic E-state index is 0.213. The van der Waals surface area contributed by atoms with Crippen LogP contribution in [-0.2, 0) is 4.74 Å². The summed E-state index contributed by atoms with van der Waals surface area (Å²) in [7, 11) is 1.25. The molecule has 0 aliphatic carbocycles. The number of rotatable bonds is 3. The number of halogens is 2. The first-order valence-corrected chi connectivity index (χ1v) is 8.09. The number of ether oxygens (including phenoxy) is 1. The Bertz CT molecular complexity index is 858. The number of urea groups is 1. The lowest BCUT2D eigenvalue weighted by Crippen LogP contribution is -2.19. The van der Waals surface area contributed by atoms with Crippen LogP contribution in [0, 0.1) is 18.3 Å². The van der Waals surface area contributed by atoms with Gasteiger partial charge in [0.1, 0.15) is 15.9 Å². The molecule has 0 unspecified atom stereocenters. The molecule has 0 fully saturated rings. The van der Waals surface area contributed by atoms with Crippen molar-refractivity contribution in [1.82, 2.24) is 0 Å². The summed E-state index contributed by atoms with van der Waals surface area (Å²) < 4.78 is 4.66. The van der Waals surface area contributed by atoms with Gasteiger partial charge in [0.05, 0.1) is 22.7 Å². The number of carbonyl (C=O) groups excluding carboxylic acids is 2. The highest BCUT2D eigenvalue weighted by molar-refractivity contribution is 7.18. The molecule has 0 saturated carbocycles. The van der Waals surface area contributed by atoms with E-state index in [1.54, 1.807) is 19.1 Å². The summed E-state index contributed by atoms with van der Waals surface area (Å²) >= 11 is 12.7. The second-order valence-electron chi connectivity index (χ2n) is 4.57. The van der Waals surface area contributed by atoms with Crippen molar-refractivity contribution in [1.29, 1.82) is 5.26 Å². The smallest absolute Gasteiger partial charge is 0.348 e. The fourth-order valence-corrected chi connectivity index (χ4v) is 3.23. The van der Waals surface area contributed by atoms with Crippen molar-refractivity contribution in [3.05, 3.63) is 44.2 Å². The number of hydrogen-bond acceptors (Lipinski definition) is 5. The molecule has 24 heavy (non-hydrogen) atoms. The highest BCUT2D eigenvalue weighted by atomic mass is 35.5. The number of nitriles is 1. The van der Waals surface area contributed by atoms with Crippen LogP contribution in [-0.4, -0.2) is 19.1 Å². The molecule has 9 heteroatoms. The summed E-state index contributed by atoms with van der Waals surface area (Å²) in [4.78, 5) is 24.0. The van der Waals surface area contributed by atoms with E-state index >= 15 is 0 Å². The summed E-state index contributed by atoms with van der Waals surface area (Å²) in [5, 5.41) is 15.3. The van der Waals surface area contributed by atoms with E-state index in [9.17, 15) is 14.9 Å². The summed E-state index contributed by atoms with van der Waals surface area (Å²) in [6.07, 6.45) is 0. The van der Waals surface area contributed by atoms with Crippen LogP contribution in [0.4, 0.5) is 15.5 Å². The zero-order valence-electron chi connectivity index (χ0n) is 12.6. The van der Waals surface area contributed by atoms with Gasteiger partial charge in [-0.15, -0.1) is 11.3 Å². The van der Waals surface area contributed by atoms with Crippen molar-refractivity contribution in [2.24, 2.45) is 0 Å². The summed E-state index contributed by atoms with van der Waals surface area (Å²) in [5.74, 6) is -0.563. The molecule has 1 heterocycles. The number of anilines is 2. The van der Waals surface area contributed by atoms with Crippen LogP contribution in [0.3, 0.4) is 0 Å². The number of nitrogens with one attached hydrogen (secondary N) is 2. The van der Waals surface area contributed by atoms with E-state index in [1.807, 2.05) is 6.07 Å². The number of carbonyl (C=O) groups is 2. The van der Waals surface area contributed by atoms with Crippen molar-refractivity contribution in [3.8, 4) is 6.07 Å². The average molecular weight is 384 g/mol. The molecule has 2 aromatic rings. The highest BCUT2D eigenvalue weighted by Gasteiger charge is 2.21. The first-order chi connectivity index (χ1) is 11.4. The number of thiophene rings is 1. The summed E-state index contributed by atoms with van der Waals surface area (Å²) in [5.41, 5.74) is 1.10. The zero-order valence-corrected chi connectivity index (χ0v) is 14.9.